The summed E-state index contributed by atoms with van der Waals surface area (Å²) in [5.74, 6) is -0.242. The third-order valence-corrected chi connectivity index (χ3v) is 3.53. The molecule has 1 heterocycles. The Kier molecular flexibility index (Phi) is 4.08. The third kappa shape index (κ3) is 2.89. The van der Waals surface area contributed by atoms with Gasteiger partial charge in [0.25, 0.3) is 5.91 Å². The van der Waals surface area contributed by atoms with Gasteiger partial charge in [-0.05, 0) is 53.3 Å². The molecule has 1 aromatic heterocycles. The molecule has 1 aromatic carbocycles. The number of nitrogens with two attached hydrogens (primary N) is 1. The standard InChI is InChI=1S/C13H15IN4O/c1-3-10-11(15)12(18(2)17-10)13(19)16-9-6-4-8(14)5-7-9/h4-7H,3,15H2,1-2H3,(H,16,19). The van der Waals surface area contributed by atoms with E-state index in [0.29, 0.717) is 17.8 Å². The van der Waals surface area contributed by atoms with Crippen LogP contribution in [0.25, 0.3) is 0 Å². The van der Waals surface area contributed by atoms with Crippen LogP contribution in [0.1, 0.15) is 23.1 Å². The quantitative estimate of drug-likeness (QED) is 0.816. The minimum Gasteiger partial charge on any atom is -0.395 e. The van der Waals surface area contributed by atoms with Gasteiger partial charge < -0.3 is 11.1 Å². The average Bonchev–Trinajstić information content (AvgIpc) is 2.67. The first-order valence-corrected chi connectivity index (χ1v) is 6.99. The summed E-state index contributed by atoms with van der Waals surface area (Å²) < 4.78 is 2.64. The van der Waals surface area contributed by atoms with Crippen molar-refractivity contribution in [2.45, 2.75) is 13.3 Å². The first-order chi connectivity index (χ1) is 9.02. The molecule has 0 saturated heterocycles. The molecular formula is C13H15IN4O. The number of nitrogens with zero attached hydrogens (tertiary/aromatic N) is 2. The number of carbonyl (C=O) groups is 1. The minimum absolute atomic E-state index is 0.242. The second-order valence-electron chi connectivity index (χ2n) is 4.15. The second kappa shape index (κ2) is 5.60. The predicted molar refractivity (Wildman–Crippen MR) is 84.1 cm³/mol. The predicted octanol–water partition coefficient (Wildman–Crippen LogP) is 2.42. The number of rotatable bonds is 3. The Balaban J connectivity index is 2.25. The van der Waals surface area contributed by atoms with Gasteiger partial charge in [0.1, 0.15) is 5.69 Å². The third-order valence-electron chi connectivity index (χ3n) is 2.81. The maximum atomic E-state index is 12.2. The summed E-state index contributed by atoms with van der Waals surface area (Å²) in [4.78, 5) is 12.2. The number of hydrogen-bond donors (Lipinski definition) is 2. The van der Waals surface area contributed by atoms with Crippen LogP contribution in [0, 0.1) is 3.57 Å². The number of amides is 1. The Labute approximate surface area is 125 Å². The minimum atomic E-state index is -0.242. The lowest BCUT2D eigenvalue weighted by atomic mass is 10.2. The van der Waals surface area contributed by atoms with Crippen molar-refractivity contribution in [1.29, 1.82) is 0 Å². The molecule has 0 saturated carbocycles. The molecule has 0 unspecified atom stereocenters. The van der Waals surface area contributed by atoms with Crippen molar-refractivity contribution < 1.29 is 4.79 Å². The summed E-state index contributed by atoms with van der Waals surface area (Å²) in [7, 11) is 1.72. The topological polar surface area (TPSA) is 72.9 Å². The van der Waals surface area contributed by atoms with Gasteiger partial charge in [0.2, 0.25) is 0 Å². The fraction of sp³-hybridized carbons (Fsp3) is 0.231. The molecule has 2 aromatic rings. The average molecular weight is 370 g/mol. The molecule has 100 valence electrons. The van der Waals surface area contributed by atoms with E-state index in [4.69, 9.17) is 5.73 Å². The Morgan fingerprint density at radius 3 is 2.58 bits per heavy atom. The highest BCUT2D eigenvalue weighted by Crippen LogP contribution is 2.19. The molecule has 0 bridgehead atoms. The highest BCUT2D eigenvalue weighted by atomic mass is 127. The number of anilines is 2. The lowest BCUT2D eigenvalue weighted by Crippen LogP contribution is -2.17. The summed E-state index contributed by atoms with van der Waals surface area (Å²) >= 11 is 2.21. The molecule has 5 nitrogen and oxygen atoms in total. The van der Waals surface area contributed by atoms with Crippen molar-refractivity contribution >= 4 is 39.9 Å². The van der Waals surface area contributed by atoms with Gasteiger partial charge in [-0.3, -0.25) is 9.48 Å². The molecular weight excluding hydrogens is 355 g/mol. The van der Waals surface area contributed by atoms with E-state index in [1.807, 2.05) is 31.2 Å². The van der Waals surface area contributed by atoms with Crippen LogP contribution < -0.4 is 11.1 Å². The van der Waals surface area contributed by atoms with E-state index in [-0.39, 0.29) is 5.91 Å². The van der Waals surface area contributed by atoms with Crippen LogP contribution in [-0.2, 0) is 13.5 Å². The van der Waals surface area contributed by atoms with E-state index in [9.17, 15) is 4.79 Å². The zero-order valence-corrected chi connectivity index (χ0v) is 12.9. The van der Waals surface area contributed by atoms with Crippen LogP contribution in [-0.4, -0.2) is 15.7 Å². The fourth-order valence-electron chi connectivity index (χ4n) is 1.85. The van der Waals surface area contributed by atoms with Crippen LogP contribution in [0.2, 0.25) is 0 Å². The zero-order valence-electron chi connectivity index (χ0n) is 10.8. The maximum Gasteiger partial charge on any atom is 0.276 e. The van der Waals surface area contributed by atoms with Crippen LogP contribution in [0.5, 0.6) is 0 Å². The lowest BCUT2D eigenvalue weighted by molar-refractivity contribution is 0.101. The molecule has 0 radical (unpaired) electrons. The molecule has 2 rings (SSSR count). The number of nitrogen functional groups attached to an aromatic ring is 1. The van der Waals surface area contributed by atoms with Crippen LogP contribution in [0.4, 0.5) is 11.4 Å². The summed E-state index contributed by atoms with van der Waals surface area (Å²) in [5.41, 5.74) is 8.28. The maximum absolute atomic E-state index is 12.2. The van der Waals surface area contributed by atoms with E-state index in [2.05, 4.69) is 33.0 Å². The van der Waals surface area contributed by atoms with E-state index in [1.165, 1.54) is 4.68 Å². The van der Waals surface area contributed by atoms with Gasteiger partial charge in [0.05, 0.1) is 11.4 Å². The SMILES string of the molecule is CCc1nn(C)c(C(=O)Nc2ccc(I)cc2)c1N. The monoisotopic (exact) mass is 370 g/mol. The number of aryl methyl sites for hydroxylation is 2. The number of carbonyl (C=O) groups excluding carboxylic acids is 1. The van der Waals surface area contributed by atoms with Gasteiger partial charge in [-0.1, -0.05) is 6.92 Å². The van der Waals surface area contributed by atoms with Gasteiger partial charge in [-0.15, -0.1) is 0 Å². The first-order valence-electron chi connectivity index (χ1n) is 5.91. The Morgan fingerprint density at radius 1 is 1.42 bits per heavy atom. The van der Waals surface area contributed by atoms with E-state index < -0.39 is 0 Å². The number of aromatic nitrogens is 2. The van der Waals surface area contributed by atoms with Crippen molar-refractivity contribution in [3.8, 4) is 0 Å². The van der Waals surface area contributed by atoms with Gasteiger partial charge in [-0.25, -0.2) is 0 Å². The smallest absolute Gasteiger partial charge is 0.276 e. The Bertz CT molecular complexity index is 604. The normalized spacial score (nSPS) is 10.5. The Morgan fingerprint density at radius 2 is 2.05 bits per heavy atom. The Hall–Kier alpha value is -1.57. The van der Waals surface area contributed by atoms with Gasteiger partial charge in [0.15, 0.2) is 0 Å². The number of hydrogen-bond acceptors (Lipinski definition) is 3. The number of halogens is 1. The summed E-state index contributed by atoms with van der Waals surface area (Å²) in [5, 5.41) is 7.06. The fourth-order valence-corrected chi connectivity index (χ4v) is 2.21. The van der Waals surface area contributed by atoms with Crippen molar-refractivity contribution in [1.82, 2.24) is 9.78 Å². The number of nitrogens with one attached hydrogen (secondary N) is 1. The molecule has 0 aliphatic rings. The summed E-state index contributed by atoms with van der Waals surface area (Å²) in [6, 6.07) is 7.57. The van der Waals surface area contributed by atoms with Crippen LogP contribution >= 0.6 is 22.6 Å². The first kappa shape index (κ1) is 13.9. The van der Waals surface area contributed by atoms with Crippen molar-refractivity contribution in [3.05, 3.63) is 39.2 Å². The van der Waals surface area contributed by atoms with Crippen LogP contribution in [0.15, 0.2) is 24.3 Å². The van der Waals surface area contributed by atoms with E-state index in [0.717, 1.165) is 15.0 Å². The highest BCUT2D eigenvalue weighted by Gasteiger charge is 2.18. The molecule has 6 heteroatoms. The van der Waals surface area contributed by atoms with E-state index >= 15 is 0 Å². The highest BCUT2D eigenvalue weighted by molar-refractivity contribution is 14.1. The molecule has 0 spiro atoms. The summed E-state index contributed by atoms with van der Waals surface area (Å²) in [6.07, 6.45) is 0.705. The van der Waals surface area contributed by atoms with Crippen LogP contribution in [0.3, 0.4) is 0 Å². The number of benzene rings is 1. The summed E-state index contributed by atoms with van der Waals surface area (Å²) in [6.45, 7) is 1.96. The molecule has 1 amide bonds. The lowest BCUT2D eigenvalue weighted by Gasteiger charge is -2.06. The van der Waals surface area contributed by atoms with Gasteiger partial charge >= 0.3 is 0 Å². The van der Waals surface area contributed by atoms with E-state index in [1.54, 1.807) is 7.05 Å². The van der Waals surface area contributed by atoms with Crippen molar-refractivity contribution in [3.63, 3.8) is 0 Å². The zero-order chi connectivity index (χ0) is 14.0. The molecule has 0 atom stereocenters. The largest absolute Gasteiger partial charge is 0.395 e. The second-order valence-corrected chi connectivity index (χ2v) is 5.39. The van der Waals surface area contributed by atoms with Crippen molar-refractivity contribution in [2.24, 2.45) is 7.05 Å². The van der Waals surface area contributed by atoms with Crippen molar-refractivity contribution in [2.75, 3.05) is 11.1 Å². The van der Waals surface area contributed by atoms with Gasteiger partial charge in [-0.2, -0.15) is 5.10 Å². The van der Waals surface area contributed by atoms with Gasteiger partial charge in [0, 0.05) is 16.3 Å². The molecule has 0 aliphatic heterocycles. The molecule has 19 heavy (non-hydrogen) atoms. The molecule has 0 fully saturated rings. The molecule has 3 N–H and O–H groups in total. The molecule has 0 aliphatic carbocycles.